The van der Waals surface area contributed by atoms with Crippen molar-refractivity contribution in [3.63, 3.8) is 0 Å². The lowest BCUT2D eigenvalue weighted by molar-refractivity contribution is 0.357. The van der Waals surface area contributed by atoms with Gasteiger partial charge in [-0.3, -0.25) is 0 Å². The number of nitrogens with one attached hydrogen (secondary N) is 1. The molecule has 4 rings (SSSR count). The van der Waals surface area contributed by atoms with Gasteiger partial charge < -0.3 is 10.1 Å². The summed E-state index contributed by atoms with van der Waals surface area (Å²) in [7, 11) is 0. The minimum atomic E-state index is 0.390. The Kier molecular flexibility index (Phi) is 3.19. The minimum Gasteiger partial charge on any atom is -0.493 e. The molecule has 0 atom stereocenters. The maximum absolute atomic E-state index is 5.56. The van der Waals surface area contributed by atoms with Gasteiger partial charge in [-0.1, -0.05) is 42.5 Å². The van der Waals surface area contributed by atoms with Gasteiger partial charge >= 0.3 is 0 Å². The first kappa shape index (κ1) is 12.9. The van der Waals surface area contributed by atoms with E-state index >= 15 is 0 Å². The standard InChI is InChI=1S/C19H21NO/c1-2-4-17(5-3-1)19(9-10-19)14-20-13-15-6-7-18-16(12-15)8-11-21-18/h1-7,12,20H,8-11,13-14H2. The van der Waals surface area contributed by atoms with Crippen LogP contribution in [0.4, 0.5) is 0 Å². The molecule has 108 valence electrons. The summed E-state index contributed by atoms with van der Waals surface area (Å²) in [5.41, 5.74) is 4.60. The van der Waals surface area contributed by atoms with Crippen LogP contribution >= 0.6 is 0 Å². The van der Waals surface area contributed by atoms with Crippen LogP contribution in [-0.2, 0) is 18.4 Å². The van der Waals surface area contributed by atoms with Crippen LogP contribution in [0.5, 0.6) is 5.75 Å². The summed E-state index contributed by atoms with van der Waals surface area (Å²) in [6, 6.07) is 17.5. The maximum Gasteiger partial charge on any atom is 0.122 e. The molecule has 2 aromatic carbocycles. The van der Waals surface area contributed by atoms with Gasteiger partial charge in [0.25, 0.3) is 0 Å². The lowest BCUT2D eigenvalue weighted by atomic mass is 9.96. The Balaban J connectivity index is 1.38. The fourth-order valence-corrected chi connectivity index (χ4v) is 3.31. The van der Waals surface area contributed by atoms with E-state index in [0.717, 1.165) is 31.9 Å². The number of hydrogen-bond acceptors (Lipinski definition) is 2. The summed E-state index contributed by atoms with van der Waals surface area (Å²) in [4.78, 5) is 0. The lowest BCUT2D eigenvalue weighted by Crippen LogP contribution is -2.26. The molecule has 1 heterocycles. The van der Waals surface area contributed by atoms with E-state index in [9.17, 15) is 0 Å². The quantitative estimate of drug-likeness (QED) is 0.905. The highest BCUT2D eigenvalue weighted by Crippen LogP contribution is 2.47. The summed E-state index contributed by atoms with van der Waals surface area (Å²) in [6.45, 7) is 2.86. The third kappa shape index (κ3) is 2.56. The fraction of sp³-hybridized carbons (Fsp3) is 0.368. The van der Waals surface area contributed by atoms with Crippen LogP contribution in [0.2, 0.25) is 0 Å². The summed E-state index contributed by atoms with van der Waals surface area (Å²) < 4.78 is 5.56. The van der Waals surface area contributed by atoms with Gasteiger partial charge in [0, 0.05) is 24.9 Å². The van der Waals surface area contributed by atoms with Crippen molar-refractivity contribution in [1.29, 1.82) is 0 Å². The third-order valence-electron chi connectivity index (χ3n) is 4.79. The van der Waals surface area contributed by atoms with Crippen molar-refractivity contribution in [3.8, 4) is 5.75 Å². The van der Waals surface area contributed by atoms with Gasteiger partial charge in [-0.05, 0) is 35.6 Å². The zero-order chi connectivity index (χ0) is 14.1. The largest absolute Gasteiger partial charge is 0.493 e. The fourth-order valence-electron chi connectivity index (χ4n) is 3.31. The second-order valence-corrected chi connectivity index (χ2v) is 6.29. The SMILES string of the molecule is c1ccc(C2(CNCc3ccc4c(c3)CCO4)CC2)cc1. The maximum atomic E-state index is 5.56. The molecule has 0 bridgehead atoms. The van der Waals surface area contributed by atoms with Crippen molar-refractivity contribution >= 4 is 0 Å². The van der Waals surface area contributed by atoms with Crippen molar-refractivity contribution in [2.75, 3.05) is 13.2 Å². The molecular formula is C19H21NO. The van der Waals surface area contributed by atoms with E-state index < -0.39 is 0 Å². The molecule has 0 unspecified atom stereocenters. The van der Waals surface area contributed by atoms with Gasteiger partial charge in [-0.25, -0.2) is 0 Å². The van der Waals surface area contributed by atoms with Crippen LogP contribution < -0.4 is 10.1 Å². The van der Waals surface area contributed by atoms with Gasteiger partial charge in [0.2, 0.25) is 0 Å². The van der Waals surface area contributed by atoms with Crippen molar-refractivity contribution in [1.82, 2.24) is 5.32 Å². The Hall–Kier alpha value is -1.80. The highest BCUT2D eigenvalue weighted by molar-refractivity contribution is 5.40. The Morgan fingerprint density at radius 1 is 1.05 bits per heavy atom. The zero-order valence-corrected chi connectivity index (χ0v) is 12.3. The number of rotatable bonds is 5. The van der Waals surface area contributed by atoms with Gasteiger partial charge in [0.05, 0.1) is 6.61 Å². The highest BCUT2D eigenvalue weighted by Gasteiger charge is 2.43. The molecule has 1 saturated carbocycles. The Labute approximate surface area is 126 Å². The second-order valence-electron chi connectivity index (χ2n) is 6.29. The van der Waals surface area contributed by atoms with Crippen LogP contribution in [0.25, 0.3) is 0 Å². The monoisotopic (exact) mass is 279 g/mol. The summed E-state index contributed by atoms with van der Waals surface area (Å²) in [5, 5.41) is 3.65. The molecule has 0 aromatic heterocycles. The van der Waals surface area contributed by atoms with Crippen LogP contribution in [0.15, 0.2) is 48.5 Å². The van der Waals surface area contributed by atoms with Gasteiger partial charge in [0.15, 0.2) is 0 Å². The molecular weight excluding hydrogens is 258 g/mol. The first-order chi connectivity index (χ1) is 10.4. The molecule has 2 heteroatoms. The highest BCUT2D eigenvalue weighted by atomic mass is 16.5. The first-order valence-electron chi connectivity index (χ1n) is 7.87. The number of hydrogen-bond donors (Lipinski definition) is 1. The van der Waals surface area contributed by atoms with E-state index in [2.05, 4.69) is 53.8 Å². The molecule has 0 spiro atoms. The molecule has 21 heavy (non-hydrogen) atoms. The van der Waals surface area contributed by atoms with E-state index in [0.29, 0.717) is 5.41 Å². The minimum absolute atomic E-state index is 0.390. The van der Waals surface area contributed by atoms with E-state index in [-0.39, 0.29) is 0 Å². The van der Waals surface area contributed by atoms with E-state index in [1.165, 1.54) is 29.5 Å². The predicted molar refractivity (Wildman–Crippen MR) is 84.7 cm³/mol. The Morgan fingerprint density at radius 3 is 2.71 bits per heavy atom. The average Bonchev–Trinajstić information content (AvgIpc) is 3.17. The number of ether oxygens (including phenoxy) is 1. The Morgan fingerprint density at radius 2 is 1.90 bits per heavy atom. The zero-order valence-electron chi connectivity index (χ0n) is 12.3. The van der Waals surface area contributed by atoms with Crippen LogP contribution in [0.1, 0.15) is 29.5 Å². The summed E-state index contributed by atoms with van der Waals surface area (Å²) >= 11 is 0. The Bertz CT molecular complexity index is 631. The molecule has 2 aromatic rings. The van der Waals surface area contributed by atoms with Crippen LogP contribution in [0, 0.1) is 0 Å². The van der Waals surface area contributed by atoms with E-state index in [4.69, 9.17) is 4.74 Å². The topological polar surface area (TPSA) is 21.3 Å². The third-order valence-corrected chi connectivity index (χ3v) is 4.79. The second kappa shape index (κ2) is 5.19. The number of benzene rings is 2. The van der Waals surface area contributed by atoms with Gasteiger partial charge in [-0.15, -0.1) is 0 Å². The first-order valence-corrected chi connectivity index (χ1v) is 7.87. The van der Waals surface area contributed by atoms with Gasteiger partial charge in [-0.2, -0.15) is 0 Å². The van der Waals surface area contributed by atoms with E-state index in [1.54, 1.807) is 0 Å². The van der Waals surface area contributed by atoms with Crippen molar-refractivity contribution < 1.29 is 4.74 Å². The van der Waals surface area contributed by atoms with Crippen molar-refractivity contribution in [2.45, 2.75) is 31.2 Å². The molecule has 0 amide bonds. The van der Waals surface area contributed by atoms with Gasteiger partial charge in [0.1, 0.15) is 5.75 Å². The molecule has 0 radical (unpaired) electrons. The molecule has 0 saturated heterocycles. The normalized spacial score (nSPS) is 18.1. The molecule has 2 nitrogen and oxygen atoms in total. The molecule has 1 fully saturated rings. The lowest BCUT2D eigenvalue weighted by Gasteiger charge is -2.16. The summed E-state index contributed by atoms with van der Waals surface area (Å²) in [5.74, 6) is 1.07. The summed E-state index contributed by atoms with van der Waals surface area (Å²) in [6.07, 6.45) is 3.67. The van der Waals surface area contributed by atoms with Crippen molar-refractivity contribution in [2.24, 2.45) is 0 Å². The van der Waals surface area contributed by atoms with Crippen LogP contribution in [-0.4, -0.2) is 13.2 Å². The molecule has 2 aliphatic rings. The molecule has 1 aliphatic heterocycles. The van der Waals surface area contributed by atoms with Crippen molar-refractivity contribution in [3.05, 3.63) is 65.2 Å². The average molecular weight is 279 g/mol. The smallest absolute Gasteiger partial charge is 0.122 e. The number of fused-ring (bicyclic) bond motifs is 1. The predicted octanol–water partition coefficient (Wildman–Crippen LogP) is 3.44. The van der Waals surface area contributed by atoms with Crippen LogP contribution in [0.3, 0.4) is 0 Å². The van der Waals surface area contributed by atoms with E-state index in [1.807, 2.05) is 0 Å². The molecule has 1 N–H and O–H groups in total. The molecule has 1 aliphatic carbocycles.